The lowest BCUT2D eigenvalue weighted by Gasteiger charge is -2.33. The van der Waals surface area contributed by atoms with E-state index in [0.29, 0.717) is 12.0 Å². The molecule has 4 nitrogen and oxygen atoms in total. The van der Waals surface area contributed by atoms with Gasteiger partial charge in [0.1, 0.15) is 0 Å². The lowest BCUT2D eigenvalue weighted by atomic mass is 10.0. The first kappa shape index (κ1) is 15.5. The van der Waals surface area contributed by atoms with E-state index in [4.69, 9.17) is 4.74 Å². The van der Waals surface area contributed by atoms with Gasteiger partial charge in [0.15, 0.2) is 0 Å². The monoisotopic (exact) mass is 302 g/mol. The molecule has 1 aromatic carbocycles. The van der Waals surface area contributed by atoms with Crippen molar-refractivity contribution in [3.63, 3.8) is 0 Å². The fourth-order valence-electron chi connectivity index (χ4n) is 3.41. The van der Waals surface area contributed by atoms with Crippen molar-refractivity contribution in [2.45, 2.75) is 32.2 Å². The number of nitrogens with zero attached hydrogens (tertiary/aromatic N) is 1. The molecule has 2 heterocycles. The molecule has 1 amide bonds. The highest BCUT2D eigenvalue weighted by Crippen LogP contribution is 2.18. The second kappa shape index (κ2) is 7.25. The average Bonchev–Trinajstić information content (AvgIpc) is 3.02. The summed E-state index contributed by atoms with van der Waals surface area (Å²) in [6.07, 6.45) is 3.29. The van der Waals surface area contributed by atoms with E-state index < -0.39 is 0 Å². The van der Waals surface area contributed by atoms with Gasteiger partial charge < -0.3 is 15.0 Å². The maximum absolute atomic E-state index is 12.3. The third-order valence-corrected chi connectivity index (χ3v) is 4.74. The van der Waals surface area contributed by atoms with Crippen LogP contribution in [0.4, 0.5) is 0 Å². The highest BCUT2D eigenvalue weighted by molar-refractivity contribution is 5.94. The number of piperidine rings is 1. The number of hydrogen-bond acceptors (Lipinski definition) is 3. The summed E-state index contributed by atoms with van der Waals surface area (Å²) in [5.74, 6) is 0.768. The maximum Gasteiger partial charge on any atom is 0.251 e. The summed E-state index contributed by atoms with van der Waals surface area (Å²) < 4.78 is 5.45. The van der Waals surface area contributed by atoms with Crippen LogP contribution < -0.4 is 5.32 Å². The van der Waals surface area contributed by atoms with E-state index in [-0.39, 0.29) is 5.91 Å². The molecule has 120 valence electrons. The predicted octanol–water partition coefficient (Wildman–Crippen LogP) is 2.23. The lowest BCUT2D eigenvalue weighted by Crippen LogP contribution is -2.45. The van der Waals surface area contributed by atoms with E-state index in [0.717, 1.165) is 56.8 Å². The number of carbonyl (C=O) groups excluding carboxylic acids is 1. The van der Waals surface area contributed by atoms with Gasteiger partial charge >= 0.3 is 0 Å². The van der Waals surface area contributed by atoms with Crippen LogP contribution in [0, 0.1) is 12.8 Å². The van der Waals surface area contributed by atoms with Gasteiger partial charge in [0.2, 0.25) is 0 Å². The summed E-state index contributed by atoms with van der Waals surface area (Å²) >= 11 is 0. The average molecular weight is 302 g/mol. The predicted molar refractivity (Wildman–Crippen MR) is 87.0 cm³/mol. The van der Waals surface area contributed by atoms with Crippen molar-refractivity contribution in [3.8, 4) is 0 Å². The highest BCUT2D eigenvalue weighted by atomic mass is 16.5. The Hall–Kier alpha value is -1.39. The van der Waals surface area contributed by atoms with Crippen molar-refractivity contribution in [1.29, 1.82) is 0 Å². The molecule has 2 saturated heterocycles. The van der Waals surface area contributed by atoms with Crippen LogP contribution >= 0.6 is 0 Å². The van der Waals surface area contributed by atoms with Crippen LogP contribution in [0.5, 0.6) is 0 Å². The third kappa shape index (κ3) is 4.08. The van der Waals surface area contributed by atoms with E-state index in [9.17, 15) is 4.79 Å². The molecule has 4 heteroatoms. The number of ether oxygens (including phenoxy) is 1. The van der Waals surface area contributed by atoms with E-state index in [1.54, 1.807) is 0 Å². The molecule has 1 N–H and O–H groups in total. The molecular weight excluding hydrogens is 276 g/mol. The SMILES string of the molecule is Cc1cccc(C(=O)NC2CCN(C[C@@H]3CCOC3)CC2)c1. The Morgan fingerprint density at radius 3 is 2.82 bits per heavy atom. The standard InChI is InChI=1S/C18H26N2O2/c1-14-3-2-4-16(11-14)18(21)19-17-5-8-20(9-6-17)12-15-7-10-22-13-15/h2-4,11,15,17H,5-10,12-13H2,1H3,(H,19,21)/t15-/m0/s1. The first-order chi connectivity index (χ1) is 10.7. The fraction of sp³-hybridized carbons (Fsp3) is 0.611. The van der Waals surface area contributed by atoms with Crippen molar-refractivity contribution in [1.82, 2.24) is 10.2 Å². The summed E-state index contributed by atoms with van der Waals surface area (Å²) in [6, 6.07) is 8.10. The zero-order chi connectivity index (χ0) is 15.4. The Labute approximate surface area is 132 Å². The maximum atomic E-state index is 12.3. The van der Waals surface area contributed by atoms with Gasteiger partial charge in [-0.15, -0.1) is 0 Å². The van der Waals surface area contributed by atoms with Crippen LogP contribution in [-0.4, -0.2) is 49.7 Å². The first-order valence-corrected chi connectivity index (χ1v) is 8.38. The minimum Gasteiger partial charge on any atom is -0.381 e. The number of nitrogens with one attached hydrogen (secondary N) is 1. The number of hydrogen-bond donors (Lipinski definition) is 1. The molecule has 0 radical (unpaired) electrons. The minimum atomic E-state index is 0.0614. The number of likely N-dealkylation sites (tertiary alicyclic amines) is 1. The van der Waals surface area contributed by atoms with Gasteiger partial charge in [0.25, 0.3) is 5.91 Å². The van der Waals surface area contributed by atoms with Gasteiger partial charge in [-0.25, -0.2) is 0 Å². The Morgan fingerprint density at radius 1 is 1.32 bits per heavy atom. The van der Waals surface area contributed by atoms with Gasteiger partial charge in [0, 0.05) is 37.8 Å². The highest BCUT2D eigenvalue weighted by Gasteiger charge is 2.24. The van der Waals surface area contributed by atoms with Crippen LogP contribution in [0.15, 0.2) is 24.3 Å². The number of rotatable bonds is 4. The quantitative estimate of drug-likeness (QED) is 0.927. The fourth-order valence-corrected chi connectivity index (χ4v) is 3.41. The van der Waals surface area contributed by atoms with Gasteiger partial charge in [-0.2, -0.15) is 0 Å². The molecule has 0 unspecified atom stereocenters. The molecule has 22 heavy (non-hydrogen) atoms. The minimum absolute atomic E-state index is 0.0614. The second-order valence-corrected chi connectivity index (χ2v) is 6.65. The summed E-state index contributed by atoms with van der Waals surface area (Å²) in [7, 11) is 0. The normalized spacial score (nSPS) is 23.6. The van der Waals surface area contributed by atoms with Gasteiger partial charge in [-0.05, 0) is 44.2 Å². The zero-order valence-electron chi connectivity index (χ0n) is 13.4. The first-order valence-electron chi connectivity index (χ1n) is 8.38. The van der Waals surface area contributed by atoms with Crippen LogP contribution in [0.25, 0.3) is 0 Å². The Bertz CT molecular complexity index is 504. The Balaban J connectivity index is 1.44. The van der Waals surface area contributed by atoms with Crippen LogP contribution in [0.2, 0.25) is 0 Å². The van der Waals surface area contributed by atoms with Crippen LogP contribution in [-0.2, 0) is 4.74 Å². The van der Waals surface area contributed by atoms with Crippen molar-refractivity contribution >= 4 is 5.91 Å². The van der Waals surface area contributed by atoms with Crippen LogP contribution in [0.1, 0.15) is 35.2 Å². The summed E-state index contributed by atoms with van der Waals surface area (Å²) in [6.45, 7) is 7.17. The third-order valence-electron chi connectivity index (χ3n) is 4.74. The number of amides is 1. The topological polar surface area (TPSA) is 41.6 Å². The molecule has 0 aliphatic carbocycles. The Morgan fingerprint density at radius 2 is 2.14 bits per heavy atom. The molecule has 2 fully saturated rings. The largest absolute Gasteiger partial charge is 0.381 e. The van der Waals surface area contributed by atoms with Crippen molar-refractivity contribution < 1.29 is 9.53 Å². The smallest absolute Gasteiger partial charge is 0.251 e. The van der Waals surface area contributed by atoms with Crippen molar-refractivity contribution in [2.75, 3.05) is 32.8 Å². The van der Waals surface area contributed by atoms with Crippen molar-refractivity contribution in [3.05, 3.63) is 35.4 Å². The van der Waals surface area contributed by atoms with E-state index in [2.05, 4.69) is 10.2 Å². The number of aryl methyl sites for hydroxylation is 1. The van der Waals surface area contributed by atoms with Gasteiger partial charge in [-0.3, -0.25) is 4.79 Å². The molecule has 0 bridgehead atoms. The zero-order valence-corrected chi connectivity index (χ0v) is 13.4. The Kier molecular flexibility index (Phi) is 5.11. The van der Waals surface area contributed by atoms with Crippen molar-refractivity contribution in [2.24, 2.45) is 5.92 Å². The van der Waals surface area contributed by atoms with Crippen LogP contribution in [0.3, 0.4) is 0 Å². The number of carbonyl (C=O) groups is 1. The summed E-state index contributed by atoms with van der Waals surface area (Å²) in [5, 5.41) is 3.19. The molecule has 1 atom stereocenters. The van der Waals surface area contributed by atoms with E-state index >= 15 is 0 Å². The molecule has 0 aromatic heterocycles. The molecule has 2 aliphatic rings. The molecule has 0 spiro atoms. The van der Waals surface area contributed by atoms with E-state index in [1.165, 1.54) is 6.42 Å². The summed E-state index contributed by atoms with van der Waals surface area (Å²) in [4.78, 5) is 14.8. The van der Waals surface area contributed by atoms with E-state index in [1.807, 2.05) is 31.2 Å². The number of benzene rings is 1. The molecule has 3 rings (SSSR count). The second-order valence-electron chi connectivity index (χ2n) is 6.65. The molecular formula is C18H26N2O2. The van der Waals surface area contributed by atoms with Gasteiger partial charge in [0.05, 0.1) is 6.61 Å². The molecule has 1 aromatic rings. The lowest BCUT2D eigenvalue weighted by molar-refractivity contribution is 0.0903. The summed E-state index contributed by atoms with van der Waals surface area (Å²) in [5.41, 5.74) is 1.90. The molecule has 2 aliphatic heterocycles. The van der Waals surface area contributed by atoms with Gasteiger partial charge in [-0.1, -0.05) is 17.7 Å². The molecule has 0 saturated carbocycles.